The van der Waals surface area contributed by atoms with Crippen molar-refractivity contribution >= 4 is 0 Å². The molecule has 3 nitrogen and oxygen atoms in total. The van der Waals surface area contributed by atoms with E-state index in [1.54, 1.807) is 0 Å². The van der Waals surface area contributed by atoms with E-state index in [-0.39, 0.29) is 6.61 Å². The van der Waals surface area contributed by atoms with Crippen molar-refractivity contribution in [3.8, 4) is 0 Å². The zero-order valence-corrected chi connectivity index (χ0v) is 9.06. The molecule has 2 rings (SSSR count). The van der Waals surface area contributed by atoms with E-state index in [0.29, 0.717) is 18.5 Å². The van der Waals surface area contributed by atoms with Crippen molar-refractivity contribution in [3.05, 3.63) is 35.6 Å². The van der Waals surface area contributed by atoms with Gasteiger partial charge in [-0.05, 0) is 13.0 Å². The van der Waals surface area contributed by atoms with E-state index in [4.69, 9.17) is 5.73 Å². The number of allylic oxidation sites excluding steroid dienone is 1. The molecule has 1 heterocycles. The van der Waals surface area contributed by atoms with E-state index in [1.165, 1.54) is 5.57 Å². The van der Waals surface area contributed by atoms with Crippen molar-refractivity contribution in [1.29, 1.82) is 0 Å². The summed E-state index contributed by atoms with van der Waals surface area (Å²) in [7, 11) is 2.03. The lowest BCUT2D eigenvalue weighted by atomic mass is 9.92. The van der Waals surface area contributed by atoms with Crippen LogP contribution in [0.25, 0.3) is 0 Å². The molecule has 0 radical (unpaired) electrons. The predicted octanol–water partition coefficient (Wildman–Crippen LogP) is 0.638. The summed E-state index contributed by atoms with van der Waals surface area (Å²) in [5.41, 5.74) is 7.86. The average molecular weight is 206 g/mol. The summed E-state index contributed by atoms with van der Waals surface area (Å²) in [6, 6.07) is 0.383. The van der Waals surface area contributed by atoms with Crippen LogP contribution in [0.5, 0.6) is 0 Å². The van der Waals surface area contributed by atoms with Crippen LogP contribution in [0.1, 0.15) is 6.42 Å². The Morgan fingerprint density at radius 1 is 1.47 bits per heavy atom. The van der Waals surface area contributed by atoms with Gasteiger partial charge in [-0.15, -0.1) is 0 Å². The third-order valence-corrected chi connectivity index (χ3v) is 3.19. The first kappa shape index (κ1) is 10.5. The Morgan fingerprint density at radius 3 is 2.93 bits per heavy atom. The first-order valence-corrected chi connectivity index (χ1v) is 5.39. The predicted molar refractivity (Wildman–Crippen MR) is 61.1 cm³/mol. The molecule has 3 N–H and O–H groups in total. The molecule has 2 atom stereocenters. The molecule has 0 saturated heterocycles. The lowest BCUT2D eigenvalue weighted by molar-refractivity contribution is 0.264. The molecule has 2 aliphatic rings. The smallest absolute Gasteiger partial charge is 0.0826 e. The topological polar surface area (TPSA) is 49.5 Å². The number of likely N-dealkylation sites (N-methyl/N-ethyl adjacent to an activating group) is 1. The van der Waals surface area contributed by atoms with Gasteiger partial charge in [0.2, 0.25) is 0 Å². The number of aliphatic hydroxyl groups is 1. The Kier molecular flexibility index (Phi) is 2.93. The largest absolute Gasteiger partial charge is 0.390 e. The van der Waals surface area contributed by atoms with E-state index < -0.39 is 0 Å². The molecule has 2 unspecified atom stereocenters. The van der Waals surface area contributed by atoms with Gasteiger partial charge in [0, 0.05) is 18.7 Å². The number of nitrogens with zero attached hydrogens (tertiary/aromatic N) is 1. The van der Waals surface area contributed by atoms with Crippen LogP contribution in [0, 0.1) is 5.92 Å². The van der Waals surface area contributed by atoms with Crippen LogP contribution in [0.4, 0.5) is 0 Å². The van der Waals surface area contributed by atoms with Crippen molar-refractivity contribution in [2.45, 2.75) is 12.5 Å². The van der Waals surface area contributed by atoms with Gasteiger partial charge < -0.3 is 15.7 Å². The highest BCUT2D eigenvalue weighted by atomic mass is 16.3. The van der Waals surface area contributed by atoms with Gasteiger partial charge in [-0.1, -0.05) is 29.9 Å². The van der Waals surface area contributed by atoms with Gasteiger partial charge in [-0.2, -0.15) is 0 Å². The van der Waals surface area contributed by atoms with Crippen LogP contribution in [0.15, 0.2) is 35.6 Å². The first-order valence-electron chi connectivity index (χ1n) is 5.39. The highest BCUT2D eigenvalue weighted by Crippen LogP contribution is 2.31. The zero-order valence-electron chi connectivity index (χ0n) is 9.06. The van der Waals surface area contributed by atoms with E-state index in [2.05, 4.69) is 29.2 Å². The summed E-state index contributed by atoms with van der Waals surface area (Å²) in [5, 5.41) is 9.18. The normalized spacial score (nSPS) is 28.9. The lowest BCUT2D eigenvalue weighted by Gasteiger charge is -2.27. The summed E-state index contributed by atoms with van der Waals surface area (Å²) in [6.45, 7) is 0.817. The number of rotatable bonds is 3. The van der Waals surface area contributed by atoms with Crippen LogP contribution < -0.4 is 5.73 Å². The second kappa shape index (κ2) is 4.21. The van der Waals surface area contributed by atoms with Gasteiger partial charge in [-0.25, -0.2) is 0 Å². The summed E-state index contributed by atoms with van der Waals surface area (Å²) >= 11 is 0. The van der Waals surface area contributed by atoms with Gasteiger partial charge in [0.1, 0.15) is 0 Å². The maximum atomic E-state index is 9.18. The molecule has 0 spiro atoms. The van der Waals surface area contributed by atoms with Crippen molar-refractivity contribution in [3.63, 3.8) is 0 Å². The van der Waals surface area contributed by atoms with E-state index in [0.717, 1.165) is 12.1 Å². The van der Waals surface area contributed by atoms with Gasteiger partial charge in [0.05, 0.1) is 12.6 Å². The second-order valence-corrected chi connectivity index (χ2v) is 4.13. The maximum Gasteiger partial charge on any atom is 0.0826 e. The van der Waals surface area contributed by atoms with E-state index >= 15 is 0 Å². The molecule has 0 amide bonds. The zero-order chi connectivity index (χ0) is 10.8. The van der Waals surface area contributed by atoms with Crippen LogP contribution in [0.3, 0.4) is 0 Å². The second-order valence-electron chi connectivity index (χ2n) is 4.13. The van der Waals surface area contributed by atoms with Crippen LogP contribution >= 0.6 is 0 Å². The Hall–Kier alpha value is -1.06. The molecule has 0 saturated carbocycles. The average Bonchev–Trinajstić information content (AvgIpc) is 2.56. The van der Waals surface area contributed by atoms with Crippen LogP contribution in [-0.2, 0) is 0 Å². The van der Waals surface area contributed by atoms with Crippen molar-refractivity contribution < 1.29 is 5.11 Å². The first-order chi connectivity index (χ1) is 7.26. The molecular weight excluding hydrogens is 188 g/mol. The summed E-state index contributed by atoms with van der Waals surface area (Å²) in [5.74, 6) is 0.406. The van der Waals surface area contributed by atoms with Gasteiger partial charge in [-0.3, -0.25) is 0 Å². The standard InChI is InChI=1S/C12H18N2O/c1-14-11(8-15)7-10-6-9(4-5-13)2-3-12(10)14/h2-3,6-7,10,12,15H,4-5,8,13H2,1H3. The third kappa shape index (κ3) is 1.85. The van der Waals surface area contributed by atoms with Gasteiger partial charge in [0.15, 0.2) is 0 Å². The minimum Gasteiger partial charge on any atom is -0.390 e. The summed E-state index contributed by atoms with van der Waals surface area (Å²) in [6.07, 6.45) is 9.70. The minimum absolute atomic E-state index is 0.122. The Labute approximate surface area is 90.6 Å². The molecule has 0 fully saturated rings. The fraction of sp³-hybridized carbons (Fsp3) is 0.500. The number of aliphatic hydroxyl groups excluding tert-OH is 1. The quantitative estimate of drug-likeness (QED) is 0.712. The molecule has 0 aromatic rings. The molecule has 15 heavy (non-hydrogen) atoms. The van der Waals surface area contributed by atoms with Gasteiger partial charge in [0.25, 0.3) is 0 Å². The number of fused-ring (bicyclic) bond motifs is 1. The summed E-state index contributed by atoms with van der Waals surface area (Å²) < 4.78 is 0. The Balaban J connectivity index is 2.16. The van der Waals surface area contributed by atoms with E-state index in [9.17, 15) is 5.11 Å². The number of nitrogens with two attached hydrogens (primary N) is 1. The van der Waals surface area contributed by atoms with Crippen LogP contribution in [0.2, 0.25) is 0 Å². The number of hydrogen-bond acceptors (Lipinski definition) is 3. The Bertz CT molecular complexity index is 331. The molecule has 1 aliphatic carbocycles. The van der Waals surface area contributed by atoms with Crippen molar-refractivity contribution in [1.82, 2.24) is 4.90 Å². The summed E-state index contributed by atoms with van der Waals surface area (Å²) in [4.78, 5) is 2.14. The molecule has 0 aromatic carbocycles. The highest BCUT2D eigenvalue weighted by molar-refractivity contribution is 5.35. The van der Waals surface area contributed by atoms with Crippen LogP contribution in [-0.4, -0.2) is 36.2 Å². The molecule has 82 valence electrons. The van der Waals surface area contributed by atoms with E-state index in [1.807, 2.05) is 7.05 Å². The minimum atomic E-state index is 0.122. The van der Waals surface area contributed by atoms with Crippen molar-refractivity contribution in [2.75, 3.05) is 20.2 Å². The SMILES string of the molecule is CN1C(CO)=CC2C=C(CCN)C=CC21. The molecule has 0 bridgehead atoms. The Morgan fingerprint density at radius 2 is 2.27 bits per heavy atom. The monoisotopic (exact) mass is 206 g/mol. The molecule has 3 heteroatoms. The lowest BCUT2D eigenvalue weighted by Crippen LogP contribution is -2.30. The van der Waals surface area contributed by atoms with Gasteiger partial charge >= 0.3 is 0 Å². The van der Waals surface area contributed by atoms with Crippen molar-refractivity contribution in [2.24, 2.45) is 11.7 Å². The maximum absolute atomic E-state index is 9.18. The molecule has 0 aromatic heterocycles. The number of hydrogen-bond donors (Lipinski definition) is 2. The highest BCUT2D eigenvalue weighted by Gasteiger charge is 2.30. The fourth-order valence-electron chi connectivity index (χ4n) is 2.31. The molecule has 1 aliphatic heterocycles. The fourth-order valence-corrected chi connectivity index (χ4v) is 2.31. The molecular formula is C12H18N2O. The third-order valence-electron chi connectivity index (χ3n) is 3.19.